The summed E-state index contributed by atoms with van der Waals surface area (Å²) in [4.78, 5) is 39.9. The number of amides is 1. The molecule has 160 valence electrons. The number of aromatic amines is 1. The lowest BCUT2D eigenvalue weighted by atomic mass is 9.94. The summed E-state index contributed by atoms with van der Waals surface area (Å²) < 4.78 is 19.8. The number of H-pyrrole nitrogens is 1. The zero-order valence-corrected chi connectivity index (χ0v) is 17.6. The molecule has 8 heteroatoms. The van der Waals surface area contributed by atoms with Crippen LogP contribution in [-0.4, -0.2) is 30.0 Å². The molecule has 7 nitrogen and oxygen atoms in total. The Morgan fingerprint density at radius 1 is 1.19 bits per heavy atom. The summed E-state index contributed by atoms with van der Waals surface area (Å²) in [6.07, 6.45) is -0.179. The summed E-state index contributed by atoms with van der Waals surface area (Å²) in [5.74, 6) is -1.72. The van der Waals surface area contributed by atoms with Gasteiger partial charge >= 0.3 is 5.97 Å². The van der Waals surface area contributed by atoms with Gasteiger partial charge in [0, 0.05) is 22.6 Å². The lowest BCUT2D eigenvalue weighted by Crippen LogP contribution is -2.47. The number of methoxy groups -OCH3 is 1. The van der Waals surface area contributed by atoms with Crippen LogP contribution in [0.3, 0.4) is 0 Å². The summed E-state index contributed by atoms with van der Waals surface area (Å²) in [5, 5.41) is 12.9. The predicted molar refractivity (Wildman–Crippen MR) is 114 cm³/mol. The first kappa shape index (κ1) is 22.0. The molecule has 3 rings (SSSR count). The zero-order valence-electron chi connectivity index (χ0n) is 17.6. The molecule has 31 heavy (non-hydrogen) atoms. The van der Waals surface area contributed by atoms with E-state index in [1.807, 2.05) is 6.07 Å². The Morgan fingerprint density at radius 3 is 2.52 bits per heavy atom. The first-order chi connectivity index (χ1) is 14.5. The minimum atomic E-state index is -1.11. The van der Waals surface area contributed by atoms with Gasteiger partial charge in [-0.15, -0.1) is 0 Å². The van der Waals surface area contributed by atoms with E-state index >= 15 is 0 Å². The summed E-state index contributed by atoms with van der Waals surface area (Å²) in [5.41, 5.74) is -0.321. The van der Waals surface area contributed by atoms with Gasteiger partial charge in [-0.05, 0) is 35.2 Å². The van der Waals surface area contributed by atoms with E-state index in [4.69, 9.17) is 10.00 Å². The molecular formula is C23H22FN3O4. The van der Waals surface area contributed by atoms with Gasteiger partial charge in [-0.1, -0.05) is 26.8 Å². The largest absolute Gasteiger partial charge is 0.467 e. The monoisotopic (exact) mass is 423 g/mol. The lowest BCUT2D eigenvalue weighted by molar-refractivity contribution is -0.146. The van der Waals surface area contributed by atoms with Crippen molar-refractivity contribution in [1.82, 2.24) is 10.3 Å². The minimum absolute atomic E-state index is 0.0932. The number of nitriles is 1. The summed E-state index contributed by atoms with van der Waals surface area (Å²) in [6, 6.07) is 8.25. The number of ether oxygens (including phenoxy) is 1. The van der Waals surface area contributed by atoms with E-state index in [1.165, 1.54) is 25.3 Å². The van der Waals surface area contributed by atoms with Gasteiger partial charge in [0.2, 0.25) is 5.91 Å². The maximum absolute atomic E-state index is 15.0. The van der Waals surface area contributed by atoms with E-state index in [9.17, 15) is 18.8 Å². The Bertz CT molecular complexity index is 1300. The topological polar surface area (TPSA) is 112 Å². The molecule has 1 aromatic heterocycles. The molecule has 1 heterocycles. The summed E-state index contributed by atoms with van der Waals surface area (Å²) in [7, 11) is 1.18. The number of aromatic nitrogens is 1. The summed E-state index contributed by atoms with van der Waals surface area (Å²) >= 11 is 0. The van der Waals surface area contributed by atoms with Gasteiger partial charge in [0.25, 0.3) is 5.56 Å². The molecule has 2 N–H and O–H groups in total. The van der Waals surface area contributed by atoms with Crippen LogP contribution in [0.15, 0.2) is 35.1 Å². The SMILES string of the molecule is COC(=O)[C@H](Cc1cc2c(=O)[nH]c3cc(C#N)ccc3c2cc1F)NC(=O)C(C)(C)C. The highest BCUT2D eigenvalue weighted by Gasteiger charge is 2.29. The number of hydrogen-bond donors (Lipinski definition) is 2. The van der Waals surface area contributed by atoms with E-state index in [2.05, 4.69) is 10.3 Å². The number of halogens is 1. The Balaban J connectivity index is 2.08. The molecule has 0 saturated carbocycles. The first-order valence-electron chi connectivity index (χ1n) is 9.62. The van der Waals surface area contributed by atoms with Crippen LogP contribution < -0.4 is 10.9 Å². The number of nitrogens with one attached hydrogen (secondary N) is 2. The number of esters is 1. The van der Waals surface area contributed by atoms with Crippen molar-refractivity contribution in [1.29, 1.82) is 5.26 Å². The molecule has 0 bridgehead atoms. The number of carbonyl (C=O) groups is 2. The number of nitrogens with zero attached hydrogens (tertiary/aromatic N) is 1. The standard InChI is InChI=1S/C23H22FN3O4/c1-23(2,3)22(30)27-19(21(29)31-4)9-13-8-16-15(10-17(13)24)14-6-5-12(11-25)7-18(14)26-20(16)28/h5-8,10,19H,9H2,1-4H3,(H,26,28)(H,27,30)/t19-/m0/s1. The molecule has 0 fully saturated rings. The molecule has 0 saturated heterocycles. The maximum atomic E-state index is 15.0. The normalized spacial score (nSPS) is 12.4. The van der Waals surface area contributed by atoms with E-state index in [0.29, 0.717) is 21.9 Å². The molecular weight excluding hydrogens is 401 g/mol. The van der Waals surface area contributed by atoms with E-state index < -0.39 is 28.8 Å². The quantitative estimate of drug-likeness (QED) is 0.495. The Labute approximate surface area is 177 Å². The van der Waals surface area contributed by atoms with Gasteiger partial charge < -0.3 is 15.0 Å². The second-order valence-corrected chi connectivity index (χ2v) is 8.32. The lowest BCUT2D eigenvalue weighted by Gasteiger charge is -2.23. The number of carbonyl (C=O) groups excluding carboxylic acids is 2. The van der Waals surface area contributed by atoms with Crippen molar-refractivity contribution in [2.45, 2.75) is 33.2 Å². The van der Waals surface area contributed by atoms with Crippen molar-refractivity contribution in [3.05, 3.63) is 57.6 Å². The summed E-state index contributed by atoms with van der Waals surface area (Å²) in [6.45, 7) is 5.07. The molecule has 0 aliphatic carbocycles. The van der Waals surface area contributed by atoms with Crippen LogP contribution in [-0.2, 0) is 20.7 Å². The molecule has 1 atom stereocenters. The van der Waals surface area contributed by atoms with E-state index in [1.54, 1.807) is 32.9 Å². The maximum Gasteiger partial charge on any atom is 0.328 e. The average molecular weight is 423 g/mol. The second-order valence-electron chi connectivity index (χ2n) is 8.32. The van der Waals surface area contributed by atoms with Crippen LogP contribution in [0.4, 0.5) is 4.39 Å². The van der Waals surface area contributed by atoms with Gasteiger partial charge in [0.1, 0.15) is 11.9 Å². The van der Waals surface area contributed by atoms with Crippen molar-refractivity contribution in [3.63, 3.8) is 0 Å². The molecule has 0 unspecified atom stereocenters. The number of benzene rings is 2. The van der Waals surface area contributed by atoms with E-state index in [-0.39, 0.29) is 23.3 Å². The Kier molecular flexibility index (Phi) is 5.80. The van der Waals surface area contributed by atoms with Crippen LogP contribution >= 0.6 is 0 Å². The van der Waals surface area contributed by atoms with Gasteiger partial charge in [-0.3, -0.25) is 9.59 Å². The van der Waals surface area contributed by atoms with Gasteiger partial charge in [-0.25, -0.2) is 9.18 Å². The van der Waals surface area contributed by atoms with Crippen molar-refractivity contribution >= 4 is 33.6 Å². The van der Waals surface area contributed by atoms with Crippen LogP contribution in [0.5, 0.6) is 0 Å². The highest BCUT2D eigenvalue weighted by Crippen LogP contribution is 2.26. The van der Waals surface area contributed by atoms with Crippen LogP contribution in [0, 0.1) is 22.6 Å². The smallest absolute Gasteiger partial charge is 0.328 e. The molecule has 0 aliphatic rings. The van der Waals surface area contributed by atoms with Gasteiger partial charge in [0.15, 0.2) is 0 Å². The fourth-order valence-corrected chi connectivity index (χ4v) is 3.26. The number of pyridine rings is 1. The van der Waals surface area contributed by atoms with Crippen molar-refractivity contribution in [2.75, 3.05) is 7.11 Å². The van der Waals surface area contributed by atoms with Gasteiger partial charge in [-0.2, -0.15) is 5.26 Å². The third kappa shape index (κ3) is 4.40. The van der Waals surface area contributed by atoms with Crippen molar-refractivity contribution in [3.8, 4) is 6.07 Å². The highest BCUT2D eigenvalue weighted by molar-refractivity contribution is 6.05. The first-order valence-corrected chi connectivity index (χ1v) is 9.62. The van der Waals surface area contributed by atoms with Crippen LogP contribution in [0.25, 0.3) is 21.7 Å². The Hall–Kier alpha value is -3.73. The zero-order chi connectivity index (χ0) is 22.9. The average Bonchev–Trinajstić information content (AvgIpc) is 2.72. The van der Waals surface area contributed by atoms with Crippen LogP contribution in [0.2, 0.25) is 0 Å². The fourth-order valence-electron chi connectivity index (χ4n) is 3.26. The molecule has 0 aliphatic heterocycles. The number of hydrogen-bond acceptors (Lipinski definition) is 5. The molecule has 1 amide bonds. The fraction of sp³-hybridized carbons (Fsp3) is 0.304. The van der Waals surface area contributed by atoms with E-state index in [0.717, 1.165) is 0 Å². The molecule has 0 radical (unpaired) electrons. The Morgan fingerprint density at radius 2 is 1.90 bits per heavy atom. The third-order valence-electron chi connectivity index (χ3n) is 5.01. The van der Waals surface area contributed by atoms with Crippen molar-refractivity contribution in [2.24, 2.45) is 5.41 Å². The van der Waals surface area contributed by atoms with Gasteiger partial charge in [0.05, 0.1) is 24.3 Å². The molecule has 2 aromatic carbocycles. The third-order valence-corrected chi connectivity index (χ3v) is 5.01. The molecule has 3 aromatic rings. The highest BCUT2D eigenvalue weighted by atomic mass is 19.1. The predicted octanol–water partition coefficient (Wildman–Crippen LogP) is 2.94. The number of rotatable bonds is 4. The minimum Gasteiger partial charge on any atom is -0.467 e. The van der Waals surface area contributed by atoms with Crippen molar-refractivity contribution < 1.29 is 18.7 Å². The molecule has 0 spiro atoms. The second kappa shape index (κ2) is 8.19. The van der Waals surface area contributed by atoms with Crippen LogP contribution in [0.1, 0.15) is 31.9 Å². The number of fused-ring (bicyclic) bond motifs is 3.